The van der Waals surface area contributed by atoms with Gasteiger partial charge in [0.25, 0.3) is 0 Å². The largest absolute Gasteiger partial charge is 0.421 e. The second-order valence-electron chi connectivity index (χ2n) is 3.53. The van der Waals surface area contributed by atoms with Gasteiger partial charge in [-0.05, 0) is 26.8 Å². The Hall–Kier alpha value is -0.940. The van der Waals surface area contributed by atoms with Crippen molar-refractivity contribution in [2.75, 3.05) is 13.7 Å². The van der Waals surface area contributed by atoms with Gasteiger partial charge in [0.15, 0.2) is 0 Å². The van der Waals surface area contributed by atoms with Gasteiger partial charge in [-0.15, -0.1) is 10.2 Å². The average molecular weight is 213 g/mol. The number of hydrogen-bond acceptors (Lipinski definition) is 5. The monoisotopic (exact) mass is 213 g/mol. The van der Waals surface area contributed by atoms with Crippen LogP contribution in [0.2, 0.25) is 0 Å². The van der Waals surface area contributed by atoms with E-state index in [-0.39, 0.29) is 12.1 Å². The number of nitrogens with zero attached hydrogens (tertiary/aromatic N) is 2. The van der Waals surface area contributed by atoms with E-state index in [4.69, 9.17) is 9.15 Å². The van der Waals surface area contributed by atoms with Crippen LogP contribution in [-0.2, 0) is 4.74 Å². The van der Waals surface area contributed by atoms with E-state index in [9.17, 15) is 0 Å². The minimum atomic E-state index is -0.148. The highest BCUT2D eigenvalue weighted by Gasteiger charge is 2.16. The van der Waals surface area contributed by atoms with E-state index in [1.54, 1.807) is 7.11 Å². The first kappa shape index (κ1) is 12.1. The van der Waals surface area contributed by atoms with Gasteiger partial charge in [0.1, 0.15) is 6.10 Å². The summed E-state index contributed by atoms with van der Waals surface area (Å²) in [5.41, 5.74) is 0. The van der Waals surface area contributed by atoms with Crippen molar-refractivity contribution in [2.24, 2.45) is 0 Å². The molecule has 5 heteroatoms. The van der Waals surface area contributed by atoms with Crippen LogP contribution in [0.25, 0.3) is 0 Å². The van der Waals surface area contributed by atoms with Gasteiger partial charge < -0.3 is 14.5 Å². The molecule has 0 radical (unpaired) electrons. The van der Waals surface area contributed by atoms with E-state index in [0.29, 0.717) is 11.8 Å². The highest BCUT2D eigenvalue weighted by Crippen LogP contribution is 2.17. The Morgan fingerprint density at radius 3 is 2.60 bits per heavy atom. The minimum absolute atomic E-state index is 0.0928. The number of ether oxygens (including phenoxy) is 1. The van der Waals surface area contributed by atoms with Crippen molar-refractivity contribution in [1.82, 2.24) is 15.5 Å². The molecule has 86 valence electrons. The third kappa shape index (κ3) is 3.28. The molecule has 1 heterocycles. The first-order chi connectivity index (χ1) is 7.19. The van der Waals surface area contributed by atoms with Crippen molar-refractivity contribution in [3.63, 3.8) is 0 Å². The third-order valence-electron chi connectivity index (χ3n) is 2.23. The van der Waals surface area contributed by atoms with E-state index in [1.165, 1.54) is 0 Å². The van der Waals surface area contributed by atoms with Crippen LogP contribution in [0.5, 0.6) is 0 Å². The second kappa shape index (κ2) is 5.82. The SMILES string of the molecule is CCCNC(C)c1nnc(C(C)OC)o1. The van der Waals surface area contributed by atoms with Crippen molar-refractivity contribution in [1.29, 1.82) is 0 Å². The average Bonchev–Trinajstić information content (AvgIpc) is 2.74. The molecule has 0 spiro atoms. The molecule has 0 aromatic carbocycles. The summed E-state index contributed by atoms with van der Waals surface area (Å²) < 4.78 is 10.6. The maximum Gasteiger partial charge on any atom is 0.244 e. The molecule has 0 aliphatic carbocycles. The van der Waals surface area contributed by atoms with Gasteiger partial charge in [0, 0.05) is 7.11 Å². The molecule has 15 heavy (non-hydrogen) atoms. The quantitative estimate of drug-likeness (QED) is 0.781. The first-order valence-corrected chi connectivity index (χ1v) is 5.28. The molecule has 2 atom stereocenters. The van der Waals surface area contributed by atoms with Crippen LogP contribution < -0.4 is 5.32 Å². The normalized spacial score (nSPS) is 15.2. The lowest BCUT2D eigenvalue weighted by atomic mass is 10.3. The summed E-state index contributed by atoms with van der Waals surface area (Å²) >= 11 is 0. The van der Waals surface area contributed by atoms with Gasteiger partial charge >= 0.3 is 0 Å². The molecule has 5 nitrogen and oxygen atoms in total. The summed E-state index contributed by atoms with van der Waals surface area (Å²) in [6.45, 7) is 6.94. The Bertz CT molecular complexity index is 288. The minimum Gasteiger partial charge on any atom is -0.421 e. The Labute approximate surface area is 90.2 Å². The van der Waals surface area contributed by atoms with E-state index in [2.05, 4.69) is 22.4 Å². The smallest absolute Gasteiger partial charge is 0.244 e. The Kier molecular flexibility index (Phi) is 4.71. The molecular weight excluding hydrogens is 194 g/mol. The Morgan fingerprint density at radius 1 is 1.33 bits per heavy atom. The lowest BCUT2D eigenvalue weighted by molar-refractivity contribution is 0.0929. The van der Waals surface area contributed by atoms with Crippen LogP contribution in [0.1, 0.15) is 51.1 Å². The summed E-state index contributed by atoms with van der Waals surface area (Å²) in [5.74, 6) is 1.14. The summed E-state index contributed by atoms with van der Waals surface area (Å²) in [6, 6.07) is 0.0928. The maximum atomic E-state index is 5.49. The number of aromatic nitrogens is 2. The molecule has 0 bridgehead atoms. The molecule has 0 saturated heterocycles. The van der Waals surface area contributed by atoms with Crippen LogP contribution in [0.15, 0.2) is 4.42 Å². The van der Waals surface area contributed by atoms with Crippen LogP contribution in [-0.4, -0.2) is 23.9 Å². The molecule has 1 rings (SSSR count). The fraction of sp³-hybridized carbons (Fsp3) is 0.800. The summed E-state index contributed by atoms with van der Waals surface area (Å²) in [7, 11) is 1.62. The van der Waals surface area contributed by atoms with Gasteiger partial charge in [0.2, 0.25) is 11.8 Å². The van der Waals surface area contributed by atoms with Crippen LogP contribution in [0, 0.1) is 0 Å². The zero-order valence-corrected chi connectivity index (χ0v) is 9.78. The van der Waals surface area contributed by atoms with Gasteiger partial charge in [-0.2, -0.15) is 0 Å². The second-order valence-corrected chi connectivity index (χ2v) is 3.53. The summed E-state index contributed by atoms with van der Waals surface area (Å²) in [4.78, 5) is 0. The van der Waals surface area contributed by atoms with Crippen LogP contribution in [0.4, 0.5) is 0 Å². The standard InChI is InChI=1S/C10H19N3O2/c1-5-6-11-7(2)9-12-13-10(15-9)8(3)14-4/h7-8,11H,5-6H2,1-4H3. The molecule has 1 aromatic rings. The predicted octanol–water partition coefficient (Wildman–Crippen LogP) is 1.84. The molecular formula is C10H19N3O2. The van der Waals surface area contributed by atoms with Crippen molar-refractivity contribution in [2.45, 2.75) is 39.3 Å². The number of rotatable bonds is 6. The highest BCUT2D eigenvalue weighted by atomic mass is 16.5. The van der Waals surface area contributed by atoms with Gasteiger partial charge in [0.05, 0.1) is 6.04 Å². The predicted molar refractivity (Wildman–Crippen MR) is 56.4 cm³/mol. The van der Waals surface area contributed by atoms with Gasteiger partial charge in [-0.25, -0.2) is 0 Å². The van der Waals surface area contributed by atoms with E-state index in [1.807, 2.05) is 13.8 Å². The van der Waals surface area contributed by atoms with E-state index >= 15 is 0 Å². The zero-order chi connectivity index (χ0) is 11.3. The van der Waals surface area contributed by atoms with Gasteiger partial charge in [-0.3, -0.25) is 0 Å². The fourth-order valence-corrected chi connectivity index (χ4v) is 1.13. The Morgan fingerprint density at radius 2 is 2.00 bits per heavy atom. The van der Waals surface area contributed by atoms with Crippen LogP contribution >= 0.6 is 0 Å². The number of methoxy groups -OCH3 is 1. The molecule has 0 amide bonds. The molecule has 0 aliphatic rings. The van der Waals surface area contributed by atoms with Crippen molar-refractivity contribution in [3.8, 4) is 0 Å². The first-order valence-electron chi connectivity index (χ1n) is 5.28. The fourth-order valence-electron chi connectivity index (χ4n) is 1.13. The summed E-state index contributed by atoms with van der Waals surface area (Å²) in [5, 5.41) is 11.2. The lowest BCUT2D eigenvalue weighted by Crippen LogP contribution is -2.19. The number of hydrogen-bond donors (Lipinski definition) is 1. The summed E-state index contributed by atoms with van der Waals surface area (Å²) in [6.07, 6.45) is 0.935. The topological polar surface area (TPSA) is 60.2 Å². The zero-order valence-electron chi connectivity index (χ0n) is 9.78. The van der Waals surface area contributed by atoms with Gasteiger partial charge in [-0.1, -0.05) is 6.92 Å². The number of nitrogens with one attached hydrogen (secondary N) is 1. The highest BCUT2D eigenvalue weighted by molar-refractivity contribution is 4.89. The molecule has 0 fully saturated rings. The molecule has 0 saturated carbocycles. The maximum absolute atomic E-state index is 5.49. The molecule has 0 aliphatic heterocycles. The van der Waals surface area contributed by atoms with E-state index in [0.717, 1.165) is 13.0 Å². The molecule has 2 unspecified atom stereocenters. The van der Waals surface area contributed by atoms with Crippen LogP contribution in [0.3, 0.4) is 0 Å². The molecule has 1 aromatic heterocycles. The van der Waals surface area contributed by atoms with Crippen molar-refractivity contribution in [3.05, 3.63) is 11.8 Å². The Balaban J connectivity index is 2.58. The lowest BCUT2D eigenvalue weighted by Gasteiger charge is -2.08. The third-order valence-corrected chi connectivity index (χ3v) is 2.23. The molecule has 1 N–H and O–H groups in total. The van der Waals surface area contributed by atoms with Crippen molar-refractivity contribution < 1.29 is 9.15 Å². The van der Waals surface area contributed by atoms with E-state index < -0.39 is 0 Å². The van der Waals surface area contributed by atoms with Crippen molar-refractivity contribution >= 4 is 0 Å².